The Morgan fingerprint density at radius 3 is 2.58 bits per heavy atom. The molecule has 0 unspecified atom stereocenters. The summed E-state index contributed by atoms with van der Waals surface area (Å²) in [4.78, 5) is 0. The van der Waals surface area contributed by atoms with Crippen molar-refractivity contribution >= 4 is 11.8 Å². The molecular formula is C10H21NS. The van der Waals surface area contributed by atoms with Gasteiger partial charge in [0, 0.05) is 11.3 Å². The van der Waals surface area contributed by atoms with Crippen molar-refractivity contribution in [3.05, 3.63) is 0 Å². The molecule has 0 spiro atoms. The van der Waals surface area contributed by atoms with Gasteiger partial charge in [0.15, 0.2) is 0 Å². The Hall–Kier alpha value is 0.310. The van der Waals surface area contributed by atoms with E-state index in [1.807, 2.05) is 0 Å². The van der Waals surface area contributed by atoms with Crippen LogP contribution in [0.2, 0.25) is 0 Å². The summed E-state index contributed by atoms with van der Waals surface area (Å²) in [6.45, 7) is 4.68. The first-order chi connectivity index (χ1) is 5.83. The lowest BCUT2D eigenvalue weighted by Gasteiger charge is -2.40. The van der Waals surface area contributed by atoms with Crippen LogP contribution in [-0.2, 0) is 0 Å². The highest BCUT2D eigenvalue weighted by molar-refractivity contribution is 8.00. The van der Waals surface area contributed by atoms with Crippen LogP contribution in [0, 0.1) is 0 Å². The second-order valence-electron chi connectivity index (χ2n) is 3.77. The van der Waals surface area contributed by atoms with E-state index in [2.05, 4.69) is 30.3 Å². The van der Waals surface area contributed by atoms with Crippen LogP contribution in [-0.4, -0.2) is 24.1 Å². The molecule has 12 heavy (non-hydrogen) atoms. The van der Waals surface area contributed by atoms with Gasteiger partial charge in [0.05, 0.1) is 0 Å². The van der Waals surface area contributed by atoms with Crippen molar-refractivity contribution < 1.29 is 0 Å². The molecule has 1 saturated carbocycles. The summed E-state index contributed by atoms with van der Waals surface area (Å²) < 4.78 is 0.619. The highest BCUT2D eigenvalue weighted by atomic mass is 32.2. The second-order valence-corrected chi connectivity index (χ2v) is 5.05. The molecule has 1 fully saturated rings. The van der Waals surface area contributed by atoms with Gasteiger partial charge in [0.25, 0.3) is 0 Å². The summed E-state index contributed by atoms with van der Waals surface area (Å²) in [5, 5.41) is 3.56. The number of unbranched alkanes of at least 4 members (excludes halogenated alkanes) is 1. The van der Waals surface area contributed by atoms with Crippen molar-refractivity contribution in [2.24, 2.45) is 0 Å². The van der Waals surface area contributed by atoms with Gasteiger partial charge in [-0.25, -0.2) is 0 Å². The van der Waals surface area contributed by atoms with E-state index >= 15 is 0 Å². The monoisotopic (exact) mass is 187 g/mol. The normalized spacial score (nSPS) is 20.5. The minimum atomic E-state index is 0.619. The summed E-state index contributed by atoms with van der Waals surface area (Å²) in [5.74, 6) is 0. The number of hydrogen-bond donors (Lipinski definition) is 1. The van der Waals surface area contributed by atoms with Crippen molar-refractivity contribution in [3.8, 4) is 0 Å². The maximum atomic E-state index is 3.56. The van der Waals surface area contributed by atoms with Gasteiger partial charge in [-0.2, -0.15) is 11.8 Å². The first-order valence-corrected chi connectivity index (χ1v) is 6.31. The van der Waals surface area contributed by atoms with Crippen LogP contribution in [0.25, 0.3) is 0 Å². The lowest BCUT2D eigenvalue weighted by atomic mass is 9.84. The topological polar surface area (TPSA) is 12.0 Å². The van der Waals surface area contributed by atoms with Gasteiger partial charge in [-0.1, -0.05) is 19.8 Å². The quantitative estimate of drug-likeness (QED) is 0.642. The van der Waals surface area contributed by atoms with Crippen LogP contribution in [0.1, 0.15) is 39.0 Å². The third-order valence-electron chi connectivity index (χ3n) is 2.85. The van der Waals surface area contributed by atoms with Crippen molar-refractivity contribution in [1.29, 1.82) is 0 Å². The molecule has 0 aromatic carbocycles. The molecule has 0 bridgehead atoms. The molecule has 0 aromatic heterocycles. The van der Waals surface area contributed by atoms with Gasteiger partial charge >= 0.3 is 0 Å². The fourth-order valence-corrected chi connectivity index (χ4v) is 2.59. The van der Waals surface area contributed by atoms with Crippen LogP contribution in [0.4, 0.5) is 0 Å². The fourth-order valence-electron chi connectivity index (χ4n) is 1.64. The maximum Gasteiger partial charge on any atom is 0.0281 e. The number of nitrogens with one attached hydrogen (secondary N) is 1. The van der Waals surface area contributed by atoms with Crippen molar-refractivity contribution in [3.63, 3.8) is 0 Å². The van der Waals surface area contributed by atoms with Crippen molar-refractivity contribution in [2.45, 2.75) is 43.8 Å². The van der Waals surface area contributed by atoms with Crippen LogP contribution >= 0.6 is 11.8 Å². The van der Waals surface area contributed by atoms with E-state index in [4.69, 9.17) is 0 Å². The Bertz CT molecular complexity index is 115. The smallest absolute Gasteiger partial charge is 0.0281 e. The molecule has 0 atom stereocenters. The van der Waals surface area contributed by atoms with E-state index < -0.39 is 0 Å². The third-order valence-corrected chi connectivity index (χ3v) is 4.27. The van der Waals surface area contributed by atoms with Crippen LogP contribution in [0.3, 0.4) is 0 Å². The first-order valence-electron chi connectivity index (χ1n) is 5.09. The highest BCUT2D eigenvalue weighted by Gasteiger charge is 2.35. The molecule has 1 aliphatic rings. The summed E-state index contributed by atoms with van der Waals surface area (Å²) in [7, 11) is 0. The summed E-state index contributed by atoms with van der Waals surface area (Å²) in [6.07, 6.45) is 9.17. The minimum absolute atomic E-state index is 0.619. The molecule has 0 heterocycles. The zero-order chi connectivity index (χ0) is 8.86. The Labute approximate surface area is 80.7 Å². The zero-order valence-corrected chi connectivity index (χ0v) is 9.17. The lowest BCUT2D eigenvalue weighted by Crippen LogP contribution is -2.43. The molecule has 0 amide bonds. The molecule has 1 N–H and O–H groups in total. The standard InChI is InChI=1S/C10H21NS/c1-3-4-8-11-9-10(12-2)6-5-7-10/h11H,3-9H2,1-2H3. The van der Waals surface area contributed by atoms with Crippen LogP contribution in [0.15, 0.2) is 0 Å². The molecule has 1 rings (SSSR count). The van der Waals surface area contributed by atoms with Gasteiger partial charge in [-0.05, 0) is 32.1 Å². The summed E-state index contributed by atoms with van der Waals surface area (Å²) in [5.41, 5.74) is 0. The Kier molecular flexibility index (Phi) is 4.44. The Morgan fingerprint density at radius 2 is 2.17 bits per heavy atom. The van der Waals surface area contributed by atoms with E-state index in [1.165, 1.54) is 45.2 Å². The Balaban J connectivity index is 2.04. The third kappa shape index (κ3) is 2.67. The number of rotatable bonds is 6. The molecular weight excluding hydrogens is 166 g/mol. The molecule has 2 heteroatoms. The van der Waals surface area contributed by atoms with Gasteiger partial charge in [0.2, 0.25) is 0 Å². The number of thioether (sulfide) groups is 1. The van der Waals surface area contributed by atoms with Gasteiger partial charge in [0.1, 0.15) is 0 Å². The van der Waals surface area contributed by atoms with E-state index in [0.717, 1.165) is 0 Å². The minimum Gasteiger partial charge on any atom is -0.315 e. The molecule has 72 valence electrons. The van der Waals surface area contributed by atoms with Crippen molar-refractivity contribution in [2.75, 3.05) is 19.3 Å². The van der Waals surface area contributed by atoms with Gasteiger partial charge < -0.3 is 5.32 Å². The van der Waals surface area contributed by atoms with E-state index in [1.54, 1.807) is 0 Å². The summed E-state index contributed by atoms with van der Waals surface area (Å²) in [6, 6.07) is 0. The molecule has 0 saturated heterocycles. The second kappa shape index (κ2) is 5.13. The van der Waals surface area contributed by atoms with Gasteiger partial charge in [-0.3, -0.25) is 0 Å². The fraction of sp³-hybridized carbons (Fsp3) is 1.00. The maximum absolute atomic E-state index is 3.56. The first kappa shape index (κ1) is 10.4. The molecule has 1 aliphatic carbocycles. The van der Waals surface area contributed by atoms with E-state index in [9.17, 15) is 0 Å². The van der Waals surface area contributed by atoms with Crippen LogP contribution in [0.5, 0.6) is 0 Å². The Morgan fingerprint density at radius 1 is 1.42 bits per heavy atom. The average molecular weight is 187 g/mol. The molecule has 0 radical (unpaired) electrons. The average Bonchev–Trinajstić information content (AvgIpc) is 2.02. The SMILES string of the molecule is CCCCNCC1(SC)CCC1. The van der Waals surface area contributed by atoms with E-state index in [-0.39, 0.29) is 0 Å². The van der Waals surface area contributed by atoms with Crippen LogP contribution < -0.4 is 5.32 Å². The van der Waals surface area contributed by atoms with Crippen molar-refractivity contribution in [1.82, 2.24) is 5.32 Å². The predicted molar refractivity (Wildman–Crippen MR) is 57.9 cm³/mol. The largest absolute Gasteiger partial charge is 0.315 e. The molecule has 0 aliphatic heterocycles. The predicted octanol–water partition coefficient (Wildman–Crippen LogP) is 2.66. The lowest BCUT2D eigenvalue weighted by molar-refractivity contribution is 0.345. The number of hydrogen-bond acceptors (Lipinski definition) is 2. The molecule has 0 aromatic rings. The highest BCUT2D eigenvalue weighted by Crippen LogP contribution is 2.42. The summed E-state index contributed by atoms with van der Waals surface area (Å²) >= 11 is 2.05. The van der Waals surface area contributed by atoms with Gasteiger partial charge in [-0.15, -0.1) is 0 Å². The zero-order valence-electron chi connectivity index (χ0n) is 8.36. The van der Waals surface area contributed by atoms with E-state index in [0.29, 0.717) is 4.75 Å². The molecule has 1 nitrogen and oxygen atoms in total.